The Morgan fingerprint density at radius 3 is 2.76 bits per heavy atom. The summed E-state index contributed by atoms with van der Waals surface area (Å²) < 4.78 is 5.99. The van der Waals surface area contributed by atoms with E-state index >= 15 is 0 Å². The number of aryl methyl sites for hydroxylation is 1. The van der Waals surface area contributed by atoms with Gasteiger partial charge in [0.05, 0.1) is 6.26 Å². The molecule has 1 aromatic heterocycles. The molecule has 0 saturated heterocycles. The van der Waals surface area contributed by atoms with Crippen LogP contribution in [0, 0.1) is 6.92 Å². The third-order valence-corrected chi connectivity index (χ3v) is 2.69. The van der Waals surface area contributed by atoms with Crippen molar-refractivity contribution >= 4 is 33.5 Å². The Bertz CT molecular complexity index is 523. The molecule has 17 heavy (non-hydrogen) atoms. The maximum atomic E-state index is 11.6. The lowest BCUT2D eigenvalue weighted by Crippen LogP contribution is -2.19. The Kier molecular flexibility index (Phi) is 3.49. The van der Waals surface area contributed by atoms with Crippen LogP contribution in [-0.2, 0) is 0 Å². The molecule has 1 heterocycles. The molecule has 0 spiro atoms. The van der Waals surface area contributed by atoms with Crippen molar-refractivity contribution in [3.63, 3.8) is 0 Å². The van der Waals surface area contributed by atoms with Gasteiger partial charge in [0.1, 0.15) is 0 Å². The number of amides is 2. The van der Waals surface area contributed by atoms with E-state index in [0.717, 1.165) is 15.7 Å². The van der Waals surface area contributed by atoms with Crippen LogP contribution < -0.4 is 10.6 Å². The molecule has 0 saturated carbocycles. The molecule has 2 amide bonds. The van der Waals surface area contributed by atoms with Crippen LogP contribution in [-0.4, -0.2) is 6.03 Å². The Hall–Kier alpha value is -1.75. The highest BCUT2D eigenvalue weighted by molar-refractivity contribution is 9.10. The second kappa shape index (κ2) is 5.05. The van der Waals surface area contributed by atoms with Crippen molar-refractivity contribution < 1.29 is 9.21 Å². The molecule has 4 nitrogen and oxygen atoms in total. The molecule has 5 heteroatoms. The van der Waals surface area contributed by atoms with Crippen LogP contribution in [0.5, 0.6) is 0 Å². The van der Waals surface area contributed by atoms with Crippen LogP contribution in [0.2, 0.25) is 0 Å². The van der Waals surface area contributed by atoms with Gasteiger partial charge in [0.25, 0.3) is 0 Å². The first kappa shape index (κ1) is 11.7. The number of nitrogens with one attached hydrogen (secondary N) is 2. The standard InChI is InChI=1S/C12H11BrN2O2/c1-8-7-9(13)4-5-10(8)14-12(16)15-11-3-2-6-17-11/h2-7H,1H3,(H2,14,15,16). The lowest BCUT2D eigenvalue weighted by atomic mass is 10.2. The molecule has 0 atom stereocenters. The minimum absolute atomic E-state index is 0.328. The molecule has 2 rings (SSSR count). The molecule has 0 aliphatic carbocycles. The number of anilines is 2. The fraction of sp³-hybridized carbons (Fsp3) is 0.0833. The van der Waals surface area contributed by atoms with E-state index in [2.05, 4.69) is 26.6 Å². The predicted octanol–water partition coefficient (Wildman–Crippen LogP) is 3.99. The van der Waals surface area contributed by atoms with Gasteiger partial charge in [-0.2, -0.15) is 0 Å². The summed E-state index contributed by atoms with van der Waals surface area (Å²) in [5.74, 6) is 0.414. The SMILES string of the molecule is Cc1cc(Br)ccc1NC(=O)Nc1ccco1. The molecule has 0 unspecified atom stereocenters. The smallest absolute Gasteiger partial charge is 0.326 e. The first-order valence-corrected chi connectivity index (χ1v) is 5.82. The van der Waals surface area contributed by atoms with Crippen molar-refractivity contribution in [3.05, 3.63) is 46.6 Å². The van der Waals surface area contributed by atoms with Gasteiger partial charge in [0.2, 0.25) is 5.88 Å². The van der Waals surface area contributed by atoms with Gasteiger partial charge in [0, 0.05) is 16.2 Å². The number of halogens is 1. The van der Waals surface area contributed by atoms with E-state index < -0.39 is 0 Å². The van der Waals surface area contributed by atoms with Crippen molar-refractivity contribution in [2.75, 3.05) is 10.6 Å². The van der Waals surface area contributed by atoms with Crippen LogP contribution in [0.25, 0.3) is 0 Å². The van der Waals surface area contributed by atoms with Crippen molar-refractivity contribution in [3.8, 4) is 0 Å². The minimum Gasteiger partial charge on any atom is -0.449 e. The summed E-state index contributed by atoms with van der Waals surface area (Å²) in [5, 5.41) is 5.33. The van der Waals surface area contributed by atoms with Crippen LogP contribution >= 0.6 is 15.9 Å². The summed E-state index contributed by atoms with van der Waals surface area (Å²) in [6.45, 7) is 1.92. The Labute approximate surface area is 107 Å². The summed E-state index contributed by atoms with van der Waals surface area (Å²) in [4.78, 5) is 11.6. The van der Waals surface area contributed by atoms with Gasteiger partial charge < -0.3 is 9.73 Å². The normalized spacial score (nSPS) is 10.0. The predicted molar refractivity (Wildman–Crippen MR) is 70.2 cm³/mol. The van der Waals surface area contributed by atoms with Crippen LogP contribution in [0.3, 0.4) is 0 Å². The van der Waals surface area contributed by atoms with Crippen LogP contribution in [0.15, 0.2) is 45.5 Å². The number of hydrogen-bond donors (Lipinski definition) is 2. The number of hydrogen-bond acceptors (Lipinski definition) is 2. The number of urea groups is 1. The van der Waals surface area contributed by atoms with Crippen LogP contribution in [0.4, 0.5) is 16.4 Å². The second-order valence-electron chi connectivity index (χ2n) is 3.52. The van der Waals surface area contributed by atoms with E-state index in [1.54, 1.807) is 12.1 Å². The lowest BCUT2D eigenvalue weighted by molar-refractivity contribution is 0.261. The van der Waals surface area contributed by atoms with E-state index in [0.29, 0.717) is 5.88 Å². The molecule has 0 bridgehead atoms. The molecule has 0 fully saturated rings. The third kappa shape index (κ3) is 3.10. The average molecular weight is 295 g/mol. The van der Waals surface area contributed by atoms with Gasteiger partial charge in [-0.3, -0.25) is 5.32 Å². The van der Waals surface area contributed by atoms with Crippen molar-refractivity contribution in [1.29, 1.82) is 0 Å². The number of rotatable bonds is 2. The van der Waals surface area contributed by atoms with E-state index in [1.165, 1.54) is 6.26 Å². The molecule has 0 radical (unpaired) electrons. The molecular formula is C12H11BrN2O2. The van der Waals surface area contributed by atoms with Gasteiger partial charge in [-0.1, -0.05) is 15.9 Å². The van der Waals surface area contributed by atoms with Gasteiger partial charge in [-0.25, -0.2) is 4.79 Å². The topological polar surface area (TPSA) is 54.3 Å². The number of carbonyl (C=O) groups is 1. The van der Waals surface area contributed by atoms with Gasteiger partial charge in [-0.05, 0) is 36.8 Å². The highest BCUT2D eigenvalue weighted by Gasteiger charge is 2.06. The lowest BCUT2D eigenvalue weighted by Gasteiger charge is -2.08. The van der Waals surface area contributed by atoms with E-state index in [4.69, 9.17) is 4.42 Å². The van der Waals surface area contributed by atoms with E-state index in [1.807, 2.05) is 25.1 Å². The molecular weight excluding hydrogens is 284 g/mol. The first-order valence-electron chi connectivity index (χ1n) is 5.03. The number of carbonyl (C=O) groups excluding carboxylic acids is 1. The fourth-order valence-electron chi connectivity index (χ4n) is 1.38. The van der Waals surface area contributed by atoms with Gasteiger partial charge in [-0.15, -0.1) is 0 Å². The van der Waals surface area contributed by atoms with Crippen LogP contribution in [0.1, 0.15) is 5.56 Å². The summed E-state index contributed by atoms with van der Waals surface area (Å²) in [6.07, 6.45) is 1.50. The number of furan rings is 1. The highest BCUT2D eigenvalue weighted by Crippen LogP contribution is 2.20. The quantitative estimate of drug-likeness (QED) is 0.880. The average Bonchev–Trinajstić information content (AvgIpc) is 2.75. The van der Waals surface area contributed by atoms with E-state index in [9.17, 15) is 4.79 Å². The minimum atomic E-state index is -0.328. The molecule has 0 aliphatic heterocycles. The summed E-state index contributed by atoms with van der Waals surface area (Å²) >= 11 is 3.37. The zero-order chi connectivity index (χ0) is 12.3. The summed E-state index contributed by atoms with van der Waals surface area (Å²) in [7, 11) is 0. The van der Waals surface area contributed by atoms with Gasteiger partial charge in [0.15, 0.2) is 0 Å². The molecule has 2 aromatic rings. The van der Waals surface area contributed by atoms with Crippen molar-refractivity contribution in [2.45, 2.75) is 6.92 Å². The monoisotopic (exact) mass is 294 g/mol. The largest absolute Gasteiger partial charge is 0.449 e. The highest BCUT2D eigenvalue weighted by atomic mass is 79.9. The molecule has 88 valence electrons. The van der Waals surface area contributed by atoms with Crippen molar-refractivity contribution in [1.82, 2.24) is 0 Å². The zero-order valence-corrected chi connectivity index (χ0v) is 10.7. The molecule has 1 aromatic carbocycles. The second-order valence-corrected chi connectivity index (χ2v) is 4.43. The molecule has 0 aliphatic rings. The Balaban J connectivity index is 2.03. The van der Waals surface area contributed by atoms with Gasteiger partial charge >= 0.3 is 6.03 Å². The maximum absolute atomic E-state index is 11.6. The fourth-order valence-corrected chi connectivity index (χ4v) is 1.86. The summed E-state index contributed by atoms with van der Waals surface area (Å²) in [5.41, 5.74) is 1.74. The Morgan fingerprint density at radius 2 is 2.12 bits per heavy atom. The summed E-state index contributed by atoms with van der Waals surface area (Å²) in [6, 6.07) is 8.69. The van der Waals surface area contributed by atoms with Crippen molar-refractivity contribution in [2.24, 2.45) is 0 Å². The van der Waals surface area contributed by atoms with E-state index in [-0.39, 0.29) is 6.03 Å². The zero-order valence-electron chi connectivity index (χ0n) is 9.16. The number of benzene rings is 1. The third-order valence-electron chi connectivity index (χ3n) is 2.19. The molecule has 2 N–H and O–H groups in total. The Morgan fingerprint density at radius 1 is 1.29 bits per heavy atom. The maximum Gasteiger partial charge on any atom is 0.326 e. The first-order chi connectivity index (χ1) is 8.15.